The Labute approximate surface area is 151 Å². The molecule has 8 nitrogen and oxygen atoms in total. The molecule has 2 aromatic rings. The van der Waals surface area contributed by atoms with Gasteiger partial charge in [-0.25, -0.2) is 9.37 Å². The standard InChI is InChI=1S/C17H21FN6O2/c1-12-13(18)2-3-14(19-12)15-20-16(23-4-8-25-9-5-23)22-17(21-15)24-6-10-26-11-7-24/h2-3H,4-11H2,1H3. The first-order valence-corrected chi connectivity index (χ1v) is 8.76. The van der Waals surface area contributed by atoms with E-state index in [0.29, 0.717) is 55.5 Å². The van der Waals surface area contributed by atoms with Crippen molar-refractivity contribution in [2.45, 2.75) is 6.92 Å². The molecule has 0 atom stereocenters. The summed E-state index contributed by atoms with van der Waals surface area (Å²) in [6, 6.07) is 2.99. The predicted molar refractivity (Wildman–Crippen MR) is 93.8 cm³/mol. The van der Waals surface area contributed by atoms with E-state index in [1.807, 2.05) is 0 Å². The Morgan fingerprint density at radius 3 is 1.85 bits per heavy atom. The molecule has 2 aliphatic rings. The zero-order chi connectivity index (χ0) is 17.9. The number of morpholine rings is 2. The molecule has 0 aliphatic carbocycles. The molecule has 2 aliphatic heterocycles. The minimum absolute atomic E-state index is 0.323. The van der Waals surface area contributed by atoms with Crippen LogP contribution in [-0.4, -0.2) is 72.5 Å². The van der Waals surface area contributed by atoms with Gasteiger partial charge in [0.05, 0.1) is 32.1 Å². The van der Waals surface area contributed by atoms with Gasteiger partial charge in [0.25, 0.3) is 0 Å². The molecule has 4 heterocycles. The second-order valence-corrected chi connectivity index (χ2v) is 6.22. The molecule has 138 valence electrons. The highest BCUT2D eigenvalue weighted by atomic mass is 19.1. The van der Waals surface area contributed by atoms with E-state index in [4.69, 9.17) is 9.47 Å². The minimum Gasteiger partial charge on any atom is -0.378 e. The van der Waals surface area contributed by atoms with Gasteiger partial charge in [0.15, 0.2) is 5.82 Å². The van der Waals surface area contributed by atoms with Crippen molar-refractivity contribution in [3.8, 4) is 11.5 Å². The van der Waals surface area contributed by atoms with Gasteiger partial charge in [0, 0.05) is 26.2 Å². The first-order valence-electron chi connectivity index (χ1n) is 8.76. The summed E-state index contributed by atoms with van der Waals surface area (Å²) in [5.41, 5.74) is 0.860. The van der Waals surface area contributed by atoms with Gasteiger partial charge in [0.1, 0.15) is 11.5 Å². The van der Waals surface area contributed by atoms with Crippen molar-refractivity contribution in [1.82, 2.24) is 19.9 Å². The van der Waals surface area contributed by atoms with Crippen LogP contribution in [0.1, 0.15) is 5.69 Å². The third kappa shape index (κ3) is 3.58. The van der Waals surface area contributed by atoms with Gasteiger partial charge in [0.2, 0.25) is 11.9 Å². The fourth-order valence-electron chi connectivity index (χ4n) is 2.95. The number of anilines is 2. The van der Waals surface area contributed by atoms with Crippen molar-refractivity contribution >= 4 is 11.9 Å². The Kier molecular flexibility index (Phi) is 4.89. The van der Waals surface area contributed by atoms with Crippen LogP contribution in [0.15, 0.2) is 12.1 Å². The van der Waals surface area contributed by atoms with Crippen molar-refractivity contribution in [1.29, 1.82) is 0 Å². The number of aromatic nitrogens is 4. The fraction of sp³-hybridized carbons (Fsp3) is 0.529. The highest BCUT2D eigenvalue weighted by Crippen LogP contribution is 2.22. The zero-order valence-corrected chi connectivity index (χ0v) is 14.7. The van der Waals surface area contributed by atoms with E-state index in [1.165, 1.54) is 6.07 Å². The maximum atomic E-state index is 13.6. The molecule has 2 fully saturated rings. The van der Waals surface area contributed by atoms with Crippen molar-refractivity contribution in [2.24, 2.45) is 0 Å². The number of ether oxygens (including phenoxy) is 2. The molecule has 0 saturated carbocycles. The van der Waals surface area contributed by atoms with E-state index in [2.05, 4.69) is 29.7 Å². The molecular weight excluding hydrogens is 339 g/mol. The van der Waals surface area contributed by atoms with E-state index in [-0.39, 0.29) is 5.82 Å². The molecule has 4 rings (SSSR count). The third-order valence-electron chi connectivity index (χ3n) is 4.45. The lowest BCUT2D eigenvalue weighted by molar-refractivity contribution is 0.121. The topological polar surface area (TPSA) is 76.5 Å². The van der Waals surface area contributed by atoms with Crippen molar-refractivity contribution in [3.63, 3.8) is 0 Å². The van der Waals surface area contributed by atoms with Gasteiger partial charge < -0.3 is 19.3 Å². The average molecular weight is 360 g/mol. The summed E-state index contributed by atoms with van der Waals surface area (Å²) in [5.74, 6) is 1.31. The molecule has 0 N–H and O–H groups in total. The maximum Gasteiger partial charge on any atom is 0.230 e. The highest BCUT2D eigenvalue weighted by molar-refractivity contribution is 5.55. The number of halogens is 1. The largest absolute Gasteiger partial charge is 0.378 e. The summed E-state index contributed by atoms with van der Waals surface area (Å²) in [6.07, 6.45) is 0. The second kappa shape index (κ2) is 7.46. The van der Waals surface area contributed by atoms with Crippen LogP contribution in [0.5, 0.6) is 0 Å². The second-order valence-electron chi connectivity index (χ2n) is 6.22. The van der Waals surface area contributed by atoms with Gasteiger partial charge in [-0.2, -0.15) is 15.0 Å². The van der Waals surface area contributed by atoms with Crippen LogP contribution < -0.4 is 9.80 Å². The first-order chi connectivity index (χ1) is 12.7. The number of nitrogens with zero attached hydrogens (tertiary/aromatic N) is 6. The molecule has 0 amide bonds. The number of hydrogen-bond donors (Lipinski definition) is 0. The summed E-state index contributed by atoms with van der Waals surface area (Å²) in [4.78, 5) is 22.3. The molecule has 0 radical (unpaired) electrons. The lowest BCUT2D eigenvalue weighted by Crippen LogP contribution is -2.40. The van der Waals surface area contributed by atoms with E-state index in [0.717, 1.165) is 26.2 Å². The summed E-state index contributed by atoms with van der Waals surface area (Å²) >= 11 is 0. The van der Waals surface area contributed by atoms with Gasteiger partial charge >= 0.3 is 0 Å². The molecular formula is C17H21FN6O2. The number of rotatable bonds is 3. The minimum atomic E-state index is -0.343. The average Bonchev–Trinajstić information content (AvgIpc) is 2.71. The lowest BCUT2D eigenvalue weighted by atomic mass is 10.3. The van der Waals surface area contributed by atoms with Gasteiger partial charge in [-0.15, -0.1) is 0 Å². The number of pyridine rings is 1. The van der Waals surface area contributed by atoms with Crippen LogP contribution in [0.4, 0.5) is 16.3 Å². The fourth-order valence-corrected chi connectivity index (χ4v) is 2.95. The van der Waals surface area contributed by atoms with Gasteiger partial charge in [-0.05, 0) is 19.1 Å². The molecule has 0 bridgehead atoms. The summed E-state index contributed by atoms with van der Waals surface area (Å²) < 4.78 is 24.4. The zero-order valence-electron chi connectivity index (χ0n) is 14.7. The monoisotopic (exact) mass is 360 g/mol. The van der Waals surface area contributed by atoms with Crippen molar-refractivity contribution in [2.75, 3.05) is 62.4 Å². The summed E-state index contributed by atoms with van der Waals surface area (Å²) in [5, 5.41) is 0. The van der Waals surface area contributed by atoms with Crippen LogP contribution in [-0.2, 0) is 9.47 Å². The van der Waals surface area contributed by atoms with E-state index >= 15 is 0 Å². The highest BCUT2D eigenvalue weighted by Gasteiger charge is 2.21. The molecule has 0 spiro atoms. The Hall–Kier alpha value is -2.39. The Bertz CT molecular complexity index is 742. The maximum absolute atomic E-state index is 13.6. The summed E-state index contributed by atoms with van der Waals surface area (Å²) in [6.45, 7) is 7.09. The Balaban J connectivity index is 1.74. The number of hydrogen-bond acceptors (Lipinski definition) is 8. The third-order valence-corrected chi connectivity index (χ3v) is 4.45. The van der Waals surface area contributed by atoms with Crippen LogP contribution in [0.3, 0.4) is 0 Å². The van der Waals surface area contributed by atoms with Crippen LogP contribution in [0, 0.1) is 12.7 Å². The molecule has 0 aromatic carbocycles. The molecule has 2 saturated heterocycles. The molecule has 0 unspecified atom stereocenters. The van der Waals surface area contributed by atoms with Gasteiger partial charge in [-0.3, -0.25) is 0 Å². The predicted octanol–water partition coefficient (Wildman–Crippen LogP) is 1.05. The normalized spacial score (nSPS) is 18.2. The van der Waals surface area contributed by atoms with Crippen molar-refractivity contribution in [3.05, 3.63) is 23.6 Å². The SMILES string of the molecule is Cc1nc(-c2nc(N3CCOCC3)nc(N3CCOCC3)n2)ccc1F. The molecule has 2 aromatic heterocycles. The van der Waals surface area contributed by atoms with E-state index in [9.17, 15) is 4.39 Å². The van der Waals surface area contributed by atoms with Crippen LogP contribution >= 0.6 is 0 Å². The Morgan fingerprint density at radius 2 is 1.35 bits per heavy atom. The van der Waals surface area contributed by atoms with E-state index < -0.39 is 0 Å². The van der Waals surface area contributed by atoms with Crippen LogP contribution in [0.2, 0.25) is 0 Å². The van der Waals surface area contributed by atoms with E-state index in [1.54, 1.807) is 13.0 Å². The number of aryl methyl sites for hydroxylation is 1. The lowest BCUT2D eigenvalue weighted by Gasteiger charge is -2.30. The Morgan fingerprint density at radius 1 is 0.808 bits per heavy atom. The van der Waals surface area contributed by atoms with Crippen molar-refractivity contribution < 1.29 is 13.9 Å². The smallest absolute Gasteiger partial charge is 0.230 e. The first kappa shape index (κ1) is 17.0. The molecule has 9 heteroatoms. The summed E-state index contributed by atoms with van der Waals surface area (Å²) in [7, 11) is 0. The van der Waals surface area contributed by atoms with Crippen LogP contribution in [0.25, 0.3) is 11.5 Å². The quantitative estimate of drug-likeness (QED) is 0.804. The van der Waals surface area contributed by atoms with Gasteiger partial charge in [-0.1, -0.05) is 0 Å². The molecule has 26 heavy (non-hydrogen) atoms.